The molecule has 1 heterocycles. The van der Waals surface area contributed by atoms with Crippen LogP contribution in [-0.4, -0.2) is 48.8 Å². The van der Waals surface area contributed by atoms with Gasteiger partial charge in [-0.3, -0.25) is 9.69 Å². The number of likely N-dealkylation sites (N-methyl/N-ethyl adjacent to an activating group) is 1. The number of hydrogen-bond acceptors (Lipinski definition) is 4. The summed E-state index contributed by atoms with van der Waals surface area (Å²) in [5, 5.41) is 9.15. The Morgan fingerprint density at radius 3 is 2.78 bits per heavy atom. The number of ether oxygens (including phenoxy) is 1. The van der Waals surface area contributed by atoms with E-state index in [1.807, 2.05) is 13.1 Å². The molecule has 0 bridgehead atoms. The molecule has 0 amide bonds. The van der Waals surface area contributed by atoms with E-state index in [4.69, 9.17) is 15.6 Å². The normalized spacial score (nSPS) is 18.1. The summed E-state index contributed by atoms with van der Waals surface area (Å²) in [7, 11) is 2.02. The number of rotatable bonds is 5. The topological polar surface area (TPSA) is 75.8 Å². The smallest absolute Gasteiger partial charge is 0.312 e. The highest BCUT2D eigenvalue weighted by Gasteiger charge is 2.28. The number of likely N-dealkylation sites (tertiary alicyclic amines) is 1. The fourth-order valence-electron chi connectivity index (χ4n) is 2.13. The average Bonchev–Trinajstić information content (AvgIpc) is 2.29. The molecule has 0 aromatic heterocycles. The first-order chi connectivity index (χ1) is 8.61. The number of carboxylic acid groups (broad SMARTS) is 1. The van der Waals surface area contributed by atoms with Crippen LogP contribution < -0.4 is 10.5 Å². The minimum absolute atomic E-state index is 0.0697. The Bertz CT molecular complexity index is 430. The van der Waals surface area contributed by atoms with Crippen molar-refractivity contribution in [3.05, 3.63) is 29.8 Å². The Morgan fingerprint density at radius 1 is 1.56 bits per heavy atom. The number of para-hydroxylation sites is 1. The van der Waals surface area contributed by atoms with Crippen LogP contribution in [0.1, 0.15) is 11.5 Å². The zero-order chi connectivity index (χ0) is 13.1. The van der Waals surface area contributed by atoms with Gasteiger partial charge < -0.3 is 15.6 Å². The number of nitrogens with two attached hydrogens (primary N) is 1. The largest absolute Gasteiger partial charge is 0.487 e. The number of carbonyl (C=O) groups is 1. The number of hydrogen-bond donors (Lipinski definition) is 2. The second kappa shape index (κ2) is 5.37. The van der Waals surface area contributed by atoms with E-state index in [-0.39, 0.29) is 12.6 Å². The molecule has 5 nitrogen and oxygen atoms in total. The van der Waals surface area contributed by atoms with Crippen LogP contribution in [0.5, 0.6) is 5.75 Å². The zero-order valence-corrected chi connectivity index (χ0v) is 10.4. The molecular weight excluding hydrogens is 232 g/mol. The standard InChI is InChI=1S/C13H18N2O3/c1-15-7-9(8-15)18-12-5-3-2-4-10(12)11(6-14)13(16)17/h2-5,9,11H,6-8,14H2,1H3,(H,16,17). The van der Waals surface area contributed by atoms with Crippen molar-refractivity contribution in [2.75, 3.05) is 26.7 Å². The molecule has 2 rings (SSSR count). The van der Waals surface area contributed by atoms with Gasteiger partial charge in [0.25, 0.3) is 0 Å². The van der Waals surface area contributed by atoms with Crippen molar-refractivity contribution in [3.63, 3.8) is 0 Å². The lowest BCUT2D eigenvalue weighted by atomic mass is 9.98. The third kappa shape index (κ3) is 2.63. The molecule has 0 radical (unpaired) electrons. The zero-order valence-electron chi connectivity index (χ0n) is 10.4. The van der Waals surface area contributed by atoms with Gasteiger partial charge in [-0.2, -0.15) is 0 Å². The van der Waals surface area contributed by atoms with E-state index in [0.717, 1.165) is 13.1 Å². The van der Waals surface area contributed by atoms with Crippen LogP contribution in [0.15, 0.2) is 24.3 Å². The lowest BCUT2D eigenvalue weighted by Gasteiger charge is -2.36. The first-order valence-corrected chi connectivity index (χ1v) is 5.98. The first-order valence-electron chi connectivity index (χ1n) is 5.98. The minimum Gasteiger partial charge on any atom is -0.487 e. The summed E-state index contributed by atoms with van der Waals surface area (Å²) >= 11 is 0. The monoisotopic (exact) mass is 250 g/mol. The second-order valence-electron chi connectivity index (χ2n) is 4.63. The highest BCUT2D eigenvalue weighted by molar-refractivity contribution is 5.77. The molecule has 5 heteroatoms. The highest BCUT2D eigenvalue weighted by Crippen LogP contribution is 2.28. The van der Waals surface area contributed by atoms with E-state index in [0.29, 0.717) is 11.3 Å². The Morgan fingerprint density at radius 2 is 2.22 bits per heavy atom. The predicted molar refractivity (Wildman–Crippen MR) is 67.8 cm³/mol. The summed E-state index contributed by atoms with van der Waals surface area (Å²) in [4.78, 5) is 13.3. The van der Waals surface area contributed by atoms with Gasteiger partial charge in [0.2, 0.25) is 0 Å². The SMILES string of the molecule is CN1CC(Oc2ccccc2C(CN)C(=O)O)C1. The number of carboxylic acids is 1. The van der Waals surface area contributed by atoms with Crippen molar-refractivity contribution in [1.29, 1.82) is 0 Å². The summed E-state index contributed by atoms with van der Waals surface area (Å²) < 4.78 is 5.82. The summed E-state index contributed by atoms with van der Waals surface area (Å²) in [5.41, 5.74) is 6.18. The molecule has 1 aromatic rings. The summed E-state index contributed by atoms with van der Waals surface area (Å²) in [5.74, 6) is -0.994. The van der Waals surface area contributed by atoms with Crippen molar-refractivity contribution in [3.8, 4) is 5.75 Å². The fourth-order valence-corrected chi connectivity index (χ4v) is 2.13. The van der Waals surface area contributed by atoms with Gasteiger partial charge >= 0.3 is 5.97 Å². The number of benzene rings is 1. The molecular formula is C13H18N2O3. The Balaban J connectivity index is 2.16. The van der Waals surface area contributed by atoms with Gasteiger partial charge in [-0.15, -0.1) is 0 Å². The van der Waals surface area contributed by atoms with E-state index in [1.54, 1.807) is 18.2 Å². The summed E-state index contributed by atoms with van der Waals surface area (Å²) in [6, 6.07) is 7.22. The van der Waals surface area contributed by atoms with Crippen molar-refractivity contribution >= 4 is 5.97 Å². The predicted octanol–water partition coefficient (Wildman–Crippen LogP) is 0.506. The van der Waals surface area contributed by atoms with E-state index in [1.165, 1.54) is 0 Å². The molecule has 0 saturated carbocycles. The van der Waals surface area contributed by atoms with Gasteiger partial charge in [0.05, 0.1) is 5.92 Å². The molecule has 1 aromatic carbocycles. The third-order valence-corrected chi connectivity index (χ3v) is 3.15. The van der Waals surface area contributed by atoms with Gasteiger partial charge in [-0.05, 0) is 13.1 Å². The van der Waals surface area contributed by atoms with Crippen molar-refractivity contribution in [1.82, 2.24) is 4.90 Å². The van der Waals surface area contributed by atoms with Gasteiger partial charge in [-0.1, -0.05) is 18.2 Å². The van der Waals surface area contributed by atoms with Gasteiger partial charge in [0.1, 0.15) is 11.9 Å². The Kier molecular flexibility index (Phi) is 3.84. The summed E-state index contributed by atoms with van der Waals surface area (Å²) in [6.07, 6.45) is 0.142. The van der Waals surface area contributed by atoms with Crippen molar-refractivity contribution in [2.24, 2.45) is 5.73 Å². The van der Waals surface area contributed by atoms with Crippen molar-refractivity contribution in [2.45, 2.75) is 12.0 Å². The minimum atomic E-state index is -0.917. The van der Waals surface area contributed by atoms with Crippen LogP contribution in [0.3, 0.4) is 0 Å². The molecule has 0 spiro atoms. The molecule has 1 unspecified atom stereocenters. The van der Waals surface area contributed by atoms with Gasteiger partial charge in [0, 0.05) is 25.2 Å². The van der Waals surface area contributed by atoms with E-state index in [2.05, 4.69) is 4.90 Å². The van der Waals surface area contributed by atoms with Gasteiger partial charge in [-0.25, -0.2) is 0 Å². The maximum absolute atomic E-state index is 11.2. The van der Waals surface area contributed by atoms with E-state index < -0.39 is 11.9 Å². The second-order valence-corrected chi connectivity index (χ2v) is 4.63. The quantitative estimate of drug-likeness (QED) is 0.796. The molecule has 1 aliphatic rings. The lowest BCUT2D eigenvalue weighted by Crippen LogP contribution is -2.51. The molecule has 1 saturated heterocycles. The average molecular weight is 250 g/mol. The number of nitrogens with zero attached hydrogens (tertiary/aromatic N) is 1. The van der Waals surface area contributed by atoms with Gasteiger partial charge in [0.15, 0.2) is 0 Å². The van der Waals surface area contributed by atoms with Crippen LogP contribution in [-0.2, 0) is 4.79 Å². The highest BCUT2D eigenvalue weighted by atomic mass is 16.5. The first kappa shape index (κ1) is 12.9. The Hall–Kier alpha value is -1.59. The molecule has 3 N–H and O–H groups in total. The molecule has 98 valence electrons. The molecule has 18 heavy (non-hydrogen) atoms. The van der Waals surface area contributed by atoms with Crippen LogP contribution in [0, 0.1) is 0 Å². The molecule has 0 aliphatic carbocycles. The lowest BCUT2D eigenvalue weighted by molar-refractivity contribution is -0.138. The van der Waals surface area contributed by atoms with E-state index >= 15 is 0 Å². The van der Waals surface area contributed by atoms with Crippen LogP contribution in [0.25, 0.3) is 0 Å². The maximum Gasteiger partial charge on any atom is 0.312 e. The third-order valence-electron chi connectivity index (χ3n) is 3.15. The Labute approximate surface area is 106 Å². The van der Waals surface area contributed by atoms with Crippen LogP contribution in [0.4, 0.5) is 0 Å². The maximum atomic E-state index is 11.2. The molecule has 1 atom stereocenters. The van der Waals surface area contributed by atoms with Crippen LogP contribution >= 0.6 is 0 Å². The number of aliphatic carboxylic acids is 1. The van der Waals surface area contributed by atoms with E-state index in [9.17, 15) is 4.79 Å². The fraction of sp³-hybridized carbons (Fsp3) is 0.462. The van der Waals surface area contributed by atoms with Crippen LogP contribution in [0.2, 0.25) is 0 Å². The van der Waals surface area contributed by atoms with Crippen molar-refractivity contribution < 1.29 is 14.6 Å². The summed E-state index contributed by atoms with van der Waals surface area (Å²) in [6.45, 7) is 1.81. The molecule has 1 aliphatic heterocycles. The molecule has 1 fully saturated rings.